The standard InChI is InChI=1S/C12H21F2NO2/c1-9(2)7-11(10(16)17-4)8-15(3)6-5-12(11,13)14/h9H,5-8H2,1-4H3. The predicted octanol–water partition coefficient (Wildman–Crippen LogP) is 2.16. The summed E-state index contributed by atoms with van der Waals surface area (Å²) < 4.78 is 33.0. The second kappa shape index (κ2) is 4.88. The summed E-state index contributed by atoms with van der Waals surface area (Å²) in [6, 6.07) is 0. The van der Waals surface area contributed by atoms with Gasteiger partial charge in [-0.3, -0.25) is 4.79 Å². The van der Waals surface area contributed by atoms with Gasteiger partial charge in [-0.15, -0.1) is 0 Å². The summed E-state index contributed by atoms with van der Waals surface area (Å²) in [5.74, 6) is -3.76. The highest BCUT2D eigenvalue weighted by Gasteiger charge is 2.61. The molecule has 0 aromatic rings. The molecule has 1 rings (SSSR count). The van der Waals surface area contributed by atoms with E-state index in [2.05, 4.69) is 4.74 Å². The number of hydrogen-bond acceptors (Lipinski definition) is 3. The second-order valence-electron chi connectivity index (χ2n) is 5.36. The van der Waals surface area contributed by atoms with Gasteiger partial charge in [0, 0.05) is 19.5 Å². The number of carbonyl (C=O) groups excluding carboxylic acids is 1. The SMILES string of the molecule is COC(=O)C1(CC(C)C)CN(C)CCC1(F)F. The fraction of sp³-hybridized carbons (Fsp3) is 0.917. The first-order chi connectivity index (χ1) is 7.75. The van der Waals surface area contributed by atoms with Gasteiger partial charge < -0.3 is 9.64 Å². The minimum absolute atomic E-state index is 0.0199. The topological polar surface area (TPSA) is 29.5 Å². The number of nitrogens with zero attached hydrogens (tertiary/aromatic N) is 1. The maximum absolute atomic E-state index is 14.2. The van der Waals surface area contributed by atoms with Gasteiger partial charge in [-0.05, 0) is 19.4 Å². The number of alkyl halides is 2. The lowest BCUT2D eigenvalue weighted by atomic mass is 9.71. The third kappa shape index (κ3) is 2.59. The molecule has 1 fully saturated rings. The molecule has 1 aliphatic heterocycles. The fourth-order valence-electron chi connectivity index (χ4n) is 2.63. The van der Waals surface area contributed by atoms with Crippen molar-refractivity contribution in [1.82, 2.24) is 4.90 Å². The van der Waals surface area contributed by atoms with Crippen molar-refractivity contribution in [2.24, 2.45) is 11.3 Å². The second-order valence-corrected chi connectivity index (χ2v) is 5.36. The molecule has 5 heteroatoms. The summed E-state index contributed by atoms with van der Waals surface area (Å²) in [4.78, 5) is 13.6. The van der Waals surface area contributed by atoms with Crippen LogP contribution >= 0.6 is 0 Å². The van der Waals surface area contributed by atoms with E-state index in [0.29, 0.717) is 6.54 Å². The number of carbonyl (C=O) groups is 1. The van der Waals surface area contributed by atoms with Crippen molar-refractivity contribution in [2.45, 2.75) is 32.6 Å². The molecule has 1 unspecified atom stereocenters. The summed E-state index contributed by atoms with van der Waals surface area (Å²) in [5.41, 5.74) is -1.69. The normalized spacial score (nSPS) is 29.4. The molecule has 0 aliphatic carbocycles. The lowest BCUT2D eigenvalue weighted by Crippen LogP contribution is -2.59. The Kier molecular flexibility index (Phi) is 4.12. The molecule has 100 valence electrons. The fourth-order valence-corrected chi connectivity index (χ4v) is 2.63. The summed E-state index contributed by atoms with van der Waals surface area (Å²) in [5, 5.41) is 0. The largest absolute Gasteiger partial charge is 0.468 e. The van der Waals surface area contributed by atoms with E-state index in [1.807, 2.05) is 13.8 Å². The number of ether oxygens (including phenoxy) is 1. The van der Waals surface area contributed by atoms with Gasteiger partial charge in [-0.2, -0.15) is 0 Å². The molecule has 0 saturated carbocycles. The monoisotopic (exact) mass is 249 g/mol. The van der Waals surface area contributed by atoms with Gasteiger partial charge >= 0.3 is 5.97 Å². The van der Waals surface area contributed by atoms with Gasteiger partial charge in [0.25, 0.3) is 5.92 Å². The van der Waals surface area contributed by atoms with Crippen LogP contribution in [-0.4, -0.2) is 44.0 Å². The van der Waals surface area contributed by atoms with Gasteiger partial charge in [-0.1, -0.05) is 13.8 Å². The van der Waals surface area contributed by atoms with Crippen LogP contribution in [-0.2, 0) is 9.53 Å². The third-order valence-electron chi connectivity index (χ3n) is 3.38. The van der Waals surface area contributed by atoms with Crippen LogP contribution in [0.25, 0.3) is 0 Å². The first kappa shape index (κ1) is 14.4. The van der Waals surface area contributed by atoms with Crippen LogP contribution in [0.2, 0.25) is 0 Å². The molecule has 3 nitrogen and oxygen atoms in total. The molecular formula is C12H21F2NO2. The predicted molar refractivity (Wildman–Crippen MR) is 61.0 cm³/mol. The van der Waals surface area contributed by atoms with Gasteiger partial charge in [0.2, 0.25) is 0 Å². The van der Waals surface area contributed by atoms with E-state index in [4.69, 9.17) is 0 Å². The van der Waals surface area contributed by atoms with E-state index < -0.39 is 17.3 Å². The van der Waals surface area contributed by atoms with E-state index in [1.165, 1.54) is 7.11 Å². The number of piperidine rings is 1. The van der Waals surface area contributed by atoms with Crippen molar-refractivity contribution in [2.75, 3.05) is 27.2 Å². The van der Waals surface area contributed by atoms with Crippen LogP contribution in [0.1, 0.15) is 26.7 Å². The van der Waals surface area contributed by atoms with Crippen molar-refractivity contribution >= 4 is 5.97 Å². The average Bonchev–Trinajstić information content (AvgIpc) is 2.22. The number of methoxy groups -OCH3 is 1. The third-order valence-corrected chi connectivity index (χ3v) is 3.38. The van der Waals surface area contributed by atoms with Crippen LogP contribution in [0, 0.1) is 11.3 Å². The number of halogens is 2. The molecule has 17 heavy (non-hydrogen) atoms. The molecule has 0 radical (unpaired) electrons. The smallest absolute Gasteiger partial charge is 0.319 e. The van der Waals surface area contributed by atoms with E-state index in [0.717, 1.165) is 0 Å². The summed E-state index contributed by atoms with van der Waals surface area (Å²) in [6.45, 7) is 4.06. The molecule has 0 aromatic heterocycles. The van der Waals surface area contributed by atoms with Crippen LogP contribution in [0.4, 0.5) is 8.78 Å². The lowest BCUT2D eigenvalue weighted by molar-refractivity contribution is -0.202. The van der Waals surface area contributed by atoms with Gasteiger partial charge in [0.1, 0.15) is 5.41 Å². The van der Waals surface area contributed by atoms with Crippen molar-refractivity contribution in [3.05, 3.63) is 0 Å². The van der Waals surface area contributed by atoms with Crippen LogP contribution in [0.3, 0.4) is 0 Å². The molecule has 0 spiro atoms. The Labute approximate surface area is 101 Å². The highest BCUT2D eigenvalue weighted by Crippen LogP contribution is 2.48. The van der Waals surface area contributed by atoms with Crippen LogP contribution in [0.15, 0.2) is 0 Å². The zero-order chi connectivity index (χ0) is 13.3. The first-order valence-electron chi connectivity index (χ1n) is 5.90. The number of rotatable bonds is 3. The zero-order valence-electron chi connectivity index (χ0n) is 10.9. The number of likely N-dealkylation sites (tertiary alicyclic amines) is 1. The number of hydrogen-bond donors (Lipinski definition) is 0. The molecule has 0 N–H and O–H groups in total. The lowest BCUT2D eigenvalue weighted by Gasteiger charge is -2.45. The van der Waals surface area contributed by atoms with Crippen molar-refractivity contribution < 1.29 is 18.3 Å². The molecule has 0 bridgehead atoms. The first-order valence-corrected chi connectivity index (χ1v) is 5.90. The van der Waals surface area contributed by atoms with Gasteiger partial charge in [0.15, 0.2) is 0 Å². The minimum atomic E-state index is -2.99. The molecule has 0 aromatic carbocycles. The van der Waals surface area contributed by atoms with Gasteiger partial charge in [-0.25, -0.2) is 8.78 Å². The summed E-state index contributed by atoms with van der Waals surface area (Å²) in [6.07, 6.45) is -0.137. The van der Waals surface area contributed by atoms with Crippen LogP contribution < -0.4 is 0 Å². The Balaban J connectivity index is 3.12. The Morgan fingerprint density at radius 1 is 1.47 bits per heavy atom. The minimum Gasteiger partial charge on any atom is -0.468 e. The van der Waals surface area contributed by atoms with E-state index in [-0.39, 0.29) is 25.3 Å². The van der Waals surface area contributed by atoms with Gasteiger partial charge in [0.05, 0.1) is 7.11 Å². The van der Waals surface area contributed by atoms with Crippen molar-refractivity contribution in [3.8, 4) is 0 Å². The van der Waals surface area contributed by atoms with E-state index in [9.17, 15) is 13.6 Å². The quantitative estimate of drug-likeness (QED) is 0.718. The Bertz CT molecular complexity index is 290. The number of esters is 1. The molecule has 1 aliphatic rings. The molecule has 1 heterocycles. The molecule has 1 saturated heterocycles. The van der Waals surface area contributed by atoms with Crippen molar-refractivity contribution in [1.29, 1.82) is 0 Å². The van der Waals surface area contributed by atoms with Crippen LogP contribution in [0.5, 0.6) is 0 Å². The Morgan fingerprint density at radius 3 is 2.53 bits per heavy atom. The van der Waals surface area contributed by atoms with E-state index in [1.54, 1.807) is 11.9 Å². The summed E-state index contributed by atoms with van der Waals surface area (Å²) in [7, 11) is 2.93. The Hall–Kier alpha value is -0.710. The highest BCUT2D eigenvalue weighted by atomic mass is 19.3. The maximum atomic E-state index is 14.2. The molecule has 1 atom stereocenters. The maximum Gasteiger partial charge on any atom is 0.319 e. The van der Waals surface area contributed by atoms with Crippen molar-refractivity contribution in [3.63, 3.8) is 0 Å². The highest BCUT2D eigenvalue weighted by molar-refractivity contribution is 5.78. The zero-order valence-corrected chi connectivity index (χ0v) is 10.9. The average molecular weight is 249 g/mol. The molecule has 0 amide bonds. The van der Waals surface area contributed by atoms with E-state index >= 15 is 0 Å². The Morgan fingerprint density at radius 2 is 2.06 bits per heavy atom. The summed E-state index contributed by atoms with van der Waals surface area (Å²) >= 11 is 0. The molecular weight excluding hydrogens is 228 g/mol.